The van der Waals surface area contributed by atoms with Crippen LogP contribution in [0.25, 0.3) is 0 Å². The van der Waals surface area contributed by atoms with Gasteiger partial charge in [0.25, 0.3) is 0 Å². The summed E-state index contributed by atoms with van der Waals surface area (Å²) in [6, 6.07) is 0.254. The second-order valence-corrected chi connectivity index (χ2v) is 2.42. The molecule has 0 aromatic carbocycles. The highest BCUT2D eigenvalue weighted by Gasteiger charge is 2.06. The Bertz CT molecular complexity index is 137. The molecule has 0 aromatic rings. The number of rotatable bonds is 4. The summed E-state index contributed by atoms with van der Waals surface area (Å²) in [5.41, 5.74) is 2.46. The predicted octanol–water partition coefficient (Wildman–Crippen LogP) is -0.550. The Kier molecular flexibility index (Phi) is 6.41. The van der Waals surface area contributed by atoms with Crippen LogP contribution in [0.3, 0.4) is 0 Å². The van der Waals surface area contributed by atoms with Crippen molar-refractivity contribution < 1.29 is 4.74 Å². The highest BCUT2D eigenvalue weighted by Crippen LogP contribution is 1.90. The molecule has 12 heavy (non-hydrogen) atoms. The van der Waals surface area contributed by atoms with Gasteiger partial charge in [0.2, 0.25) is 5.96 Å². The van der Waals surface area contributed by atoms with Gasteiger partial charge in [0.15, 0.2) is 0 Å². The van der Waals surface area contributed by atoms with E-state index >= 15 is 0 Å². The number of aliphatic imine (C=N–C) groups is 1. The Labute approximate surface area is 73.3 Å². The van der Waals surface area contributed by atoms with E-state index in [9.17, 15) is 0 Å². The van der Waals surface area contributed by atoms with Crippen molar-refractivity contribution in [1.82, 2.24) is 10.7 Å². The molecule has 0 spiro atoms. The summed E-state index contributed by atoms with van der Waals surface area (Å²) in [6.07, 6.45) is 0.967. The van der Waals surface area contributed by atoms with Gasteiger partial charge in [-0.05, 0) is 6.42 Å². The summed E-state index contributed by atoms with van der Waals surface area (Å²) >= 11 is 0. The fourth-order valence-corrected chi connectivity index (χ4v) is 0.827. The molecule has 0 saturated carbocycles. The van der Waals surface area contributed by atoms with Gasteiger partial charge in [0, 0.05) is 14.2 Å². The van der Waals surface area contributed by atoms with Crippen LogP contribution >= 0.6 is 0 Å². The molecule has 0 radical (unpaired) electrons. The van der Waals surface area contributed by atoms with Gasteiger partial charge in [-0.2, -0.15) is 0 Å². The Hall–Kier alpha value is -0.810. The molecule has 5 heteroatoms. The summed E-state index contributed by atoms with van der Waals surface area (Å²) in [6.45, 7) is 2.72. The van der Waals surface area contributed by atoms with Gasteiger partial charge < -0.3 is 10.1 Å². The zero-order valence-electron chi connectivity index (χ0n) is 7.92. The van der Waals surface area contributed by atoms with E-state index in [0.29, 0.717) is 12.6 Å². The van der Waals surface area contributed by atoms with Crippen LogP contribution in [0.5, 0.6) is 0 Å². The molecular weight excluding hydrogens is 156 g/mol. The fourth-order valence-electron chi connectivity index (χ4n) is 0.827. The van der Waals surface area contributed by atoms with Crippen LogP contribution in [0.1, 0.15) is 13.3 Å². The lowest BCUT2D eigenvalue weighted by atomic mass is 10.2. The second kappa shape index (κ2) is 6.87. The number of hydrazine groups is 1. The molecule has 0 aliphatic carbocycles. The number of hydrogen-bond donors (Lipinski definition) is 3. The average Bonchev–Trinajstić information content (AvgIpc) is 2.12. The topological polar surface area (TPSA) is 71.7 Å². The monoisotopic (exact) mass is 174 g/mol. The van der Waals surface area contributed by atoms with Crippen molar-refractivity contribution in [3.63, 3.8) is 0 Å². The maximum Gasteiger partial charge on any atom is 0.205 e. The number of nitrogens with two attached hydrogens (primary N) is 1. The highest BCUT2D eigenvalue weighted by molar-refractivity contribution is 5.79. The minimum absolute atomic E-state index is 0.254. The Morgan fingerprint density at radius 1 is 1.67 bits per heavy atom. The Morgan fingerprint density at radius 3 is 2.67 bits per heavy atom. The smallest absolute Gasteiger partial charge is 0.205 e. The first-order chi connectivity index (χ1) is 5.78. The second-order valence-electron chi connectivity index (χ2n) is 2.42. The summed E-state index contributed by atoms with van der Waals surface area (Å²) in [4.78, 5) is 3.89. The highest BCUT2D eigenvalue weighted by atomic mass is 16.5. The largest absolute Gasteiger partial charge is 0.383 e. The third-order valence-corrected chi connectivity index (χ3v) is 1.56. The zero-order valence-corrected chi connectivity index (χ0v) is 7.92. The summed E-state index contributed by atoms with van der Waals surface area (Å²) < 4.78 is 5.00. The molecule has 0 amide bonds. The minimum atomic E-state index is 0.254. The molecule has 0 fully saturated rings. The number of nitrogens with one attached hydrogen (secondary N) is 2. The number of hydrogen-bond acceptors (Lipinski definition) is 3. The average molecular weight is 174 g/mol. The molecule has 0 bridgehead atoms. The van der Waals surface area contributed by atoms with Crippen molar-refractivity contribution in [3.8, 4) is 0 Å². The molecule has 0 heterocycles. The van der Waals surface area contributed by atoms with E-state index in [1.807, 2.05) is 0 Å². The van der Waals surface area contributed by atoms with E-state index < -0.39 is 0 Å². The summed E-state index contributed by atoms with van der Waals surface area (Å²) in [5.74, 6) is 5.78. The van der Waals surface area contributed by atoms with Crippen molar-refractivity contribution in [2.24, 2.45) is 10.8 Å². The van der Waals surface area contributed by atoms with Gasteiger partial charge in [-0.15, -0.1) is 0 Å². The van der Waals surface area contributed by atoms with Crippen LogP contribution in [0.4, 0.5) is 0 Å². The third-order valence-electron chi connectivity index (χ3n) is 1.56. The normalized spacial score (nSPS) is 14.2. The summed E-state index contributed by atoms with van der Waals surface area (Å²) in [5, 5.41) is 3.09. The number of methoxy groups -OCH3 is 1. The quantitative estimate of drug-likeness (QED) is 0.231. The van der Waals surface area contributed by atoms with E-state index in [2.05, 4.69) is 22.7 Å². The van der Waals surface area contributed by atoms with Gasteiger partial charge >= 0.3 is 0 Å². The van der Waals surface area contributed by atoms with Crippen LogP contribution < -0.4 is 16.6 Å². The molecule has 72 valence electrons. The first-order valence-corrected chi connectivity index (χ1v) is 3.97. The molecule has 0 aliphatic rings. The number of guanidine groups is 1. The lowest BCUT2D eigenvalue weighted by Crippen LogP contribution is -2.47. The molecule has 0 aromatic heterocycles. The maximum atomic E-state index is 5.20. The Morgan fingerprint density at radius 2 is 2.33 bits per heavy atom. The Balaban J connectivity index is 3.83. The van der Waals surface area contributed by atoms with Crippen molar-refractivity contribution in [1.29, 1.82) is 0 Å². The van der Waals surface area contributed by atoms with Crippen molar-refractivity contribution in [3.05, 3.63) is 0 Å². The van der Waals surface area contributed by atoms with Gasteiger partial charge in [0.05, 0.1) is 12.6 Å². The first kappa shape index (κ1) is 11.2. The summed E-state index contributed by atoms with van der Waals surface area (Å²) in [7, 11) is 3.34. The van der Waals surface area contributed by atoms with Crippen molar-refractivity contribution in [2.75, 3.05) is 20.8 Å². The molecule has 1 atom stereocenters. The first-order valence-electron chi connectivity index (χ1n) is 3.97. The van der Waals surface area contributed by atoms with E-state index in [4.69, 9.17) is 10.6 Å². The fraction of sp³-hybridized carbons (Fsp3) is 0.857. The predicted molar refractivity (Wildman–Crippen MR) is 49.8 cm³/mol. The van der Waals surface area contributed by atoms with Gasteiger partial charge in [0.1, 0.15) is 0 Å². The van der Waals surface area contributed by atoms with Gasteiger partial charge in [-0.3, -0.25) is 10.4 Å². The molecular formula is C7H18N4O. The van der Waals surface area contributed by atoms with Crippen molar-refractivity contribution in [2.45, 2.75) is 19.4 Å². The standard InChI is InChI=1S/C7H18N4O/c1-4-6(5-12-3)10-7(9-2)11-8/h6H,4-5,8H2,1-3H3,(H2,9,10,11). The third kappa shape index (κ3) is 4.15. The SMILES string of the molecule is CCC(COC)NC(=NC)NN. The zero-order chi connectivity index (χ0) is 9.40. The number of ether oxygens (including phenoxy) is 1. The molecule has 1 unspecified atom stereocenters. The van der Waals surface area contributed by atoms with Crippen LogP contribution in [0, 0.1) is 0 Å². The molecule has 0 rings (SSSR count). The van der Waals surface area contributed by atoms with E-state index in [0.717, 1.165) is 6.42 Å². The van der Waals surface area contributed by atoms with Gasteiger partial charge in [-0.1, -0.05) is 6.92 Å². The van der Waals surface area contributed by atoms with Crippen LogP contribution in [-0.2, 0) is 4.74 Å². The molecule has 0 aliphatic heterocycles. The van der Waals surface area contributed by atoms with Crippen molar-refractivity contribution >= 4 is 5.96 Å². The van der Waals surface area contributed by atoms with E-state index in [-0.39, 0.29) is 6.04 Å². The van der Waals surface area contributed by atoms with Crippen LogP contribution in [0.15, 0.2) is 4.99 Å². The minimum Gasteiger partial charge on any atom is -0.383 e. The number of nitrogens with zero attached hydrogens (tertiary/aromatic N) is 1. The lowest BCUT2D eigenvalue weighted by Gasteiger charge is -2.17. The molecule has 0 saturated heterocycles. The van der Waals surface area contributed by atoms with E-state index in [1.54, 1.807) is 14.2 Å². The maximum absolute atomic E-state index is 5.20. The molecule has 5 nitrogen and oxygen atoms in total. The molecule has 4 N–H and O–H groups in total. The van der Waals surface area contributed by atoms with Crippen LogP contribution in [-0.4, -0.2) is 32.8 Å². The van der Waals surface area contributed by atoms with E-state index in [1.165, 1.54) is 0 Å². The lowest BCUT2D eigenvalue weighted by molar-refractivity contribution is 0.171. The van der Waals surface area contributed by atoms with Gasteiger partial charge in [-0.25, -0.2) is 5.84 Å². The van der Waals surface area contributed by atoms with Crippen LogP contribution in [0.2, 0.25) is 0 Å².